The Labute approximate surface area is 96.1 Å². The summed E-state index contributed by atoms with van der Waals surface area (Å²) in [6, 6.07) is 0. The molecule has 0 radical (unpaired) electrons. The summed E-state index contributed by atoms with van der Waals surface area (Å²) < 4.78 is 5.14. The van der Waals surface area contributed by atoms with Crippen LogP contribution in [0.5, 0.6) is 0 Å². The van der Waals surface area contributed by atoms with Crippen LogP contribution in [-0.4, -0.2) is 21.4 Å². The zero-order chi connectivity index (χ0) is 11.5. The standard InChI is InChI=1S/C12H20N2O2/c1-8-4-3-5-10(6-8)12-13-11(16-14-12)7-9(2)15/h8-10,15H,3-7H2,1-2H3. The van der Waals surface area contributed by atoms with Crippen molar-refractivity contribution < 1.29 is 9.63 Å². The number of aromatic nitrogens is 2. The third-order valence-corrected chi connectivity index (χ3v) is 3.26. The Kier molecular flexibility index (Phi) is 3.59. The van der Waals surface area contributed by atoms with E-state index < -0.39 is 6.10 Å². The zero-order valence-electron chi connectivity index (χ0n) is 10.0. The molecule has 1 aliphatic carbocycles. The van der Waals surface area contributed by atoms with E-state index in [4.69, 9.17) is 4.52 Å². The van der Waals surface area contributed by atoms with E-state index in [0.29, 0.717) is 18.2 Å². The summed E-state index contributed by atoms with van der Waals surface area (Å²) in [4.78, 5) is 4.37. The highest BCUT2D eigenvalue weighted by Crippen LogP contribution is 2.34. The lowest BCUT2D eigenvalue weighted by Gasteiger charge is -2.23. The molecular weight excluding hydrogens is 204 g/mol. The van der Waals surface area contributed by atoms with E-state index in [9.17, 15) is 5.11 Å². The molecule has 1 aromatic heterocycles. The van der Waals surface area contributed by atoms with Gasteiger partial charge in [0.05, 0.1) is 12.5 Å². The second-order valence-corrected chi connectivity index (χ2v) is 5.07. The fourth-order valence-electron chi connectivity index (χ4n) is 2.44. The van der Waals surface area contributed by atoms with Crippen molar-refractivity contribution in [1.82, 2.24) is 10.1 Å². The molecule has 4 heteroatoms. The number of aliphatic hydroxyl groups excluding tert-OH is 1. The van der Waals surface area contributed by atoms with Crippen molar-refractivity contribution in [2.24, 2.45) is 5.92 Å². The summed E-state index contributed by atoms with van der Waals surface area (Å²) >= 11 is 0. The van der Waals surface area contributed by atoms with Crippen LogP contribution in [0.2, 0.25) is 0 Å². The van der Waals surface area contributed by atoms with Crippen molar-refractivity contribution >= 4 is 0 Å². The van der Waals surface area contributed by atoms with E-state index in [1.54, 1.807) is 6.92 Å². The Bertz CT molecular complexity index is 336. The second-order valence-electron chi connectivity index (χ2n) is 5.07. The van der Waals surface area contributed by atoms with Crippen LogP contribution in [0.25, 0.3) is 0 Å². The average Bonchev–Trinajstić information content (AvgIpc) is 2.65. The topological polar surface area (TPSA) is 59.2 Å². The molecule has 3 atom stereocenters. The van der Waals surface area contributed by atoms with Gasteiger partial charge in [0, 0.05) is 5.92 Å². The molecule has 0 bridgehead atoms. The molecule has 1 aliphatic rings. The van der Waals surface area contributed by atoms with Gasteiger partial charge in [-0.2, -0.15) is 4.98 Å². The Hall–Kier alpha value is -0.900. The van der Waals surface area contributed by atoms with Crippen LogP contribution >= 0.6 is 0 Å². The highest BCUT2D eigenvalue weighted by Gasteiger charge is 2.24. The first-order chi connectivity index (χ1) is 7.65. The van der Waals surface area contributed by atoms with Crippen LogP contribution < -0.4 is 0 Å². The van der Waals surface area contributed by atoms with Crippen LogP contribution in [0.3, 0.4) is 0 Å². The molecule has 0 amide bonds. The molecule has 3 unspecified atom stereocenters. The van der Waals surface area contributed by atoms with Gasteiger partial charge in [0.25, 0.3) is 0 Å². The van der Waals surface area contributed by atoms with Gasteiger partial charge in [-0.1, -0.05) is 24.9 Å². The smallest absolute Gasteiger partial charge is 0.229 e. The van der Waals surface area contributed by atoms with E-state index in [1.165, 1.54) is 12.8 Å². The quantitative estimate of drug-likeness (QED) is 0.855. The summed E-state index contributed by atoms with van der Waals surface area (Å²) in [5, 5.41) is 13.3. The number of aliphatic hydroxyl groups is 1. The van der Waals surface area contributed by atoms with Crippen molar-refractivity contribution in [3.8, 4) is 0 Å². The number of hydrogen-bond donors (Lipinski definition) is 1. The molecule has 1 heterocycles. The third-order valence-electron chi connectivity index (χ3n) is 3.26. The first kappa shape index (κ1) is 11.6. The molecule has 1 saturated carbocycles. The van der Waals surface area contributed by atoms with Gasteiger partial charge >= 0.3 is 0 Å². The van der Waals surface area contributed by atoms with Crippen LogP contribution in [0.15, 0.2) is 4.52 Å². The highest BCUT2D eigenvalue weighted by atomic mass is 16.5. The van der Waals surface area contributed by atoms with E-state index in [1.807, 2.05) is 0 Å². The summed E-state index contributed by atoms with van der Waals surface area (Å²) in [6.45, 7) is 4.01. The van der Waals surface area contributed by atoms with Gasteiger partial charge in [0.1, 0.15) is 0 Å². The van der Waals surface area contributed by atoms with Gasteiger partial charge in [-0.25, -0.2) is 0 Å². The van der Waals surface area contributed by atoms with Gasteiger partial charge in [-0.3, -0.25) is 0 Å². The molecule has 0 saturated heterocycles. The van der Waals surface area contributed by atoms with Crippen LogP contribution in [0, 0.1) is 5.92 Å². The third kappa shape index (κ3) is 2.82. The van der Waals surface area contributed by atoms with E-state index in [2.05, 4.69) is 17.1 Å². The first-order valence-electron chi connectivity index (χ1n) is 6.15. The van der Waals surface area contributed by atoms with Crippen molar-refractivity contribution in [2.75, 3.05) is 0 Å². The van der Waals surface area contributed by atoms with Crippen molar-refractivity contribution in [1.29, 1.82) is 0 Å². The van der Waals surface area contributed by atoms with Crippen molar-refractivity contribution in [3.63, 3.8) is 0 Å². The molecule has 1 aromatic rings. The fourth-order valence-corrected chi connectivity index (χ4v) is 2.44. The summed E-state index contributed by atoms with van der Waals surface area (Å²) in [5.74, 6) is 2.61. The zero-order valence-corrected chi connectivity index (χ0v) is 10.0. The molecule has 90 valence electrons. The predicted octanol–water partition coefficient (Wildman–Crippen LogP) is 2.29. The first-order valence-corrected chi connectivity index (χ1v) is 6.15. The van der Waals surface area contributed by atoms with E-state index in [-0.39, 0.29) is 0 Å². The van der Waals surface area contributed by atoms with Gasteiger partial charge in [-0.15, -0.1) is 0 Å². The largest absolute Gasteiger partial charge is 0.393 e. The summed E-state index contributed by atoms with van der Waals surface area (Å²) in [7, 11) is 0. The fraction of sp³-hybridized carbons (Fsp3) is 0.833. The Morgan fingerprint density at radius 3 is 3.00 bits per heavy atom. The minimum atomic E-state index is -0.418. The maximum atomic E-state index is 9.24. The minimum absolute atomic E-state index is 0.418. The second kappa shape index (κ2) is 4.95. The van der Waals surface area contributed by atoms with Gasteiger partial charge < -0.3 is 9.63 Å². The maximum absolute atomic E-state index is 9.24. The molecule has 0 aromatic carbocycles. The van der Waals surface area contributed by atoms with Crippen molar-refractivity contribution in [2.45, 2.75) is 58.0 Å². The van der Waals surface area contributed by atoms with E-state index in [0.717, 1.165) is 24.6 Å². The average molecular weight is 224 g/mol. The molecule has 1 N–H and O–H groups in total. The number of hydrogen-bond acceptors (Lipinski definition) is 4. The van der Waals surface area contributed by atoms with Gasteiger partial charge in [-0.05, 0) is 25.7 Å². The Morgan fingerprint density at radius 1 is 1.50 bits per heavy atom. The Morgan fingerprint density at radius 2 is 2.31 bits per heavy atom. The molecule has 4 nitrogen and oxygen atoms in total. The molecule has 0 spiro atoms. The maximum Gasteiger partial charge on any atom is 0.229 e. The Balaban J connectivity index is 2.00. The lowest BCUT2D eigenvalue weighted by Crippen LogP contribution is -2.13. The lowest BCUT2D eigenvalue weighted by molar-refractivity contribution is 0.181. The number of rotatable bonds is 3. The summed E-state index contributed by atoms with van der Waals surface area (Å²) in [6.07, 6.45) is 4.93. The number of nitrogens with zero attached hydrogens (tertiary/aromatic N) is 2. The van der Waals surface area contributed by atoms with Gasteiger partial charge in [0.2, 0.25) is 5.89 Å². The SMILES string of the molecule is CC(O)Cc1nc(C2CCCC(C)C2)no1. The van der Waals surface area contributed by atoms with Crippen LogP contribution in [0.1, 0.15) is 57.2 Å². The van der Waals surface area contributed by atoms with Gasteiger partial charge in [0.15, 0.2) is 5.82 Å². The lowest BCUT2D eigenvalue weighted by atomic mass is 9.82. The van der Waals surface area contributed by atoms with Crippen LogP contribution in [0.4, 0.5) is 0 Å². The molecule has 0 aliphatic heterocycles. The molecule has 2 rings (SSSR count). The monoisotopic (exact) mass is 224 g/mol. The minimum Gasteiger partial charge on any atom is -0.393 e. The van der Waals surface area contributed by atoms with Crippen molar-refractivity contribution in [3.05, 3.63) is 11.7 Å². The normalized spacial score (nSPS) is 27.9. The highest BCUT2D eigenvalue weighted by molar-refractivity contribution is 4.98. The summed E-state index contributed by atoms with van der Waals surface area (Å²) in [5.41, 5.74) is 0. The van der Waals surface area contributed by atoms with Crippen LogP contribution in [-0.2, 0) is 6.42 Å². The molecular formula is C12H20N2O2. The molecule has 16 heavy (non-hydrogen) atoms. The predicted molar refractivity (Wildman–Crippen MR) is 60.1 cm³/mol. The molecule has 1 fully saturated rings. The van der Waals surface area contributed by atoms with E-state index >= 15 is 0 Å².